The Labute approximate surface area is 118 Å². The van der Waals surface area contributed by atoms with Gasteiger partial charge in [-0.25, -0.2) is 0 Å². The Kier molecular flexibility index (Phi) is 3.40. The van der Waals surface area contributed by atoms with Crippen molar-refractivity contribution in [3.8, 4) is 0 Å². The van der Waals surface area contributed by atoms with Crippen molar-refractivity contribution >= 4 is 16.8 Å². The highest BCUT2D eigenvalue weighted by Crippen LogP contribution is 2.47. The van der Waals surface area contributed by atoms with E-state index < -0.39 is 0 Å². The van der Waals surface area contributed by atoms with Crippen LogP contribution in [0.15, 0.2) is 36.5 Å². The first-order valence-corrected chi connectivity index (χ1v) is 7.06. The molecule has 1 saturated carbocycles. The minimum Gasteiger partial charge on any atom is -0.351 e. The molecule has 4 heteroatoms. The predicted molar refractivity (Wildman–Crippen MR) is 79.4 cm³/mol. The van der Waals surface area contributed by atoms with Gasteiger partial charge in [-0.15, -0.1) is 0 Å². The van der Waals surface area contributed by atoms with Gasteiger partial charge in [0.15, 0.2) is 0 Å². The topological polar surface area (TPSA) is 68.0 Å². The van der Waals surface area contributed by atoms with Crippen LogP contribution in [-0.2, 0) is 0 Å². The second-order valence-corrected chi connectivity index (χ2v) is 5.60. The number of fused-ring (bicyclic) bond motifs is 1. The molecule has 1 aromatic heterocycles. The number of carbonyl (C=O) groups is 1. The van der Waals surface area contributed by atoms with Crippen LogP contribution in [0.3, 0.4) is 0 Å². The fourth-order valence-electron chi connectivity index (χ4n) is 2.65. The van der Waals surface area contributed by atoms with Crippen molar-refractivity contribution in [2.45, 2.75) is 19.3 Å². The van der Waals surface area contributed by atoms with E-state index >= 15 is 0 Å². The minimum atomic E-state index is -0.0439. The first kappa shape index (κ1) is 13.1. The van der Waals surface area contributed by atoms with E-state index in [9.17, 15) is 4.79 Å². The van der Waals surface area contributed by atoms with Crippen LogP contribution in [0.1, 0.15) is 29.6 Å². The number of aromatic nitrogens is 1. The maximum Gasteiger partial charge on any atom is 0.253 e. The molecule has 2 aromatic rings. The van der Waals surface area contributed by atoms with Crippen LogP contribution >= 0.6 is 0 Å². The quantitative estimate of drug-likeness (QED) is 0.873. The predicted octanol–water partition coefficient (Wildman–Crippen LogP) is 2.09. The highest BCUT2D eigenvalue weighted by molar-refractivity contribution is 6.05. The molecule has 20 heavy (non-hydrogen) atoms. The fraction of sp³-hybridized carbons (Fsp3) is 0.375. The van der Waals surface area contributed by atoms with Crippen molar-refractivity contribution in [3.63, 3.8) is 0 Å². The Morgan fingerprint density at radius 2 is 2.10 bits per heavy atom. The van der Waals surface area contributed by atoms with Crippen molar-refractivity contribution in [1.82, 2.24) is 10.3 Å². The van der Waals surface area contributed by atoms with Gasteiger partial charge in [0, 0.05) is 18.1 Å². The Bertz CT molecular complexity index is 629. The molecule has 0 unspecified atom stereocenters. The van der Waals surface area contributed by atoms with Crippen molar-refractivity contribution in [2.24, 2.45) is 11.1 Å². The number of nitrogens with one attached hydrogen (secondary N) is 1. The molecule has 3 rings (SSSR count). The van der Waals surface area contributed by atoms with Gasteiger partial charge in [0.05, 0.1) is 11.1 Å². The molecule has 1 aromatic carbocycles. The van der Waals surface area contributed by atoms with Gasteiger partial charge in [0.25, 0.3) is 5.91 Å². The van der Waals surface area contributed by atoms with E-state index in [1.165, 1.54) is 0 Å². The molecule has 1 fully saturated rings. The van der Waals surface area contributed by atoms with E-state index in [1.54, 1.807) is 6.20 Å². The molecule has 104 valence electrons. The summed E-state index contributed by atoms with van der Waals surface area (Å²) in [5, 5.41) is 4.03. The number of para-hydroxylation sites is 1. The molecule has 1 aliphatic rings. The van der Waals surface area contributed by atoms with Gasteiger partial charge in [-0.3, -0.25) is 9.78 Å². The summed E-state index contributed by atoms with van der Waals surface area (Å²) in [5.74, 6) is -0.0439. The zero-order valence-electron chi connectivity index (χ0n) is 11.4. The number of nitrogens with two attached hydrogens (primary N) is 1. The molecular formula is C16H19N3O. The summed E-state index contributed by atoms with van der Waals surface area (Å²) in [6.07, 6.45) is 5.04. The number of amides is 1. The number of hydrogen-bond acceptors (Lipinski definition) is 3. The van der Waals surface area contributed by atoms with Crippen molar-refractivity contribution in [3.05, 3.63) is 42.1 Å². The molecule has 1 amide bonds. The second kappa shape index (κ2) is 5.21. The van der Waals surface area contributed by atoms with E-state index in [0.717, 1.165) is 30.2 Å². The van der Waals surface area contributed by atoms with E-state index in [-0.39, 0.29) is 11.3 Å². The van der Waals surface area contributed by atoms with E-state index in [0.29, 0.717) is 18.7 Å². The van der Waals surface area contributed by atoms with E-state index in [4.69, 9.17) is 5.73 Å². The molecule has 0 radical (unpaired) electrons. The molecule has 0 atom stereocenters. The summed E-state index contributed by atoms with van der Waals surface area (Å²) in [4.78, 5) is 16.7. The van der Waals surface area contributed by atoms with Crippen LogP contribution in [0.5, 0.6) is 0 Å². The van der Waals surface area contributed by atoms with Crippen molar-refractivity contribution in [2.75, 3.05) is 13.1 Å². The average Bonchev–Trinajstić information content (AvgIpc) is 3.25. The fourth-order valence-corrected chi connectivity index (χ4v) is 2.65. The molecule has 3 N–H and O–H groups in total. The lowest BCUT2D eigenvalue weighted by Crippen LogP contribution is -2.31. The zero-order valence-corrected chi connectivity index (χ0v) is 11.4. The molecule has 0 aliphatic heterocycles. The summed E-state index contributed by atoms with van der Waals surface area (Å²) in [7, 11) is 0. The highest BCUT2D eigenvalue weighted by atomic mass is 16.1. The Morgan fingerprint density at radius 3 is 2.85 bits per heavy atom. The lowest BCUT2D eigenvalue weighted by molar-refractivity contribution is 0.0945. The minimum absolute atomic E-state index is 0.0439. The van der Waals surface area contributed by atoms with Crippen molar-refractivity contribution in [1.29, 1.82) is 0 Å². The average molecular weight is 269 g/mol. The van der Waals surface area contributed by atoms with Crippen LogP contribution in [0.2, 0.25) is 0 Å². The monoisotopic (exact) mass is 269 g/mol. The summed E-state index contributed by atoms with van der Waals surface area (Å²) in [6, 6.07) is 9.54. The summed E-state index contributed by atoms with van der Waals surface area (Å²) in [6.45, 7) is 1.40. The lowest BCUT2D eigenvalue weighted by atomic mass is 10.0. The van der Waals surface area contributed by atoms with Crippen LogP contribution < -0.4 is 11.1 Å². The number of carbonyl (C=O) groups excluding carboxylic acids is 1. The molecule has 0 bridgehead atoms. The molecule has 0 spiro atoms. The maximum atomic E-state index is 12.4. The summed E-state index contributed by atoms with van der Waals surface area (Å²) in [5.41, 5.74) is 7.28. The number of nitrogens with zero attached hydrogens (tertiary/aromatic N) is 1. The van der Waals surface area contributed by atoms with Crippen molar-refractivity contribution < 1.29 is 4.79 Å². The van der Waals surface area contributed by atoms with Crippen LogP contribution in [-0.4, -0.2) is 24.0 Å². The van der Waals surface area contributed by atoms with Crippen LogP contribution in [0, 0.1) is 5.41 Å². The molecular weight excluding hydrogens is 250 g/mol. The summed E-state index contributed by atoms with van der Waals surface area (Å²) >= 11 is 0. The van der Waals surface area contributed by atoms with Gasteiger partial charge in [0.2, 0.25) is 0 Å². The first-order chi connectivity index (χ1) is 9.74. The third-order valence-electron chi connectivity index (χ3n) is 4.13. The second-order valence-electron chi connectivity index (χ2n) is 5.60. The van der Waals surface area contributed by atoms with Crippen LogP contribution in [0.25, 0.3) is 10.9 Å². The summed E-state index contributed by atoms with van der Waals surface area (Å²) < 4.78 is 0. The lowest BCUT2D eigenvalue weighted by Gasteiger charge is -2.15. The van der Waals surface area contributed by atoms with Gasteiger partial charge < -0.3 is 11.1 Å². The largest absolute Gasteiger partial charge is 0.351 e. The number of hydrogen-bond donors (Lipinski definition) is 2. The smallest absolute Gasteiger partial charge is 0.253 e. The standard InChI is InChI=1S/C16H19N3O/c17-9-8-16(6-7-16)11-19-15(20)13-5-1-3-12-4-2-10-18-14(12)13/h1-5,10H,6-9,11,17H2,(H,19,20). The number of rotatable bonds is 5. The number of benzene rings is 1. The molecule has 1 aliphatic carbocycles. The zero-order chi connectivity index (χ0) is 14.0. The Balaban J connectivity index is 1.76. The van der Waals surface area contributed by atoms with Gasteiger partial charge >= 0.3 is 0 Å². The van der Waals surface area contributed by atoms with E-state index in [2.05, 4.69) is 10.3 Å². The molecule has 0 saturated heterocycles. The first-order valence-electron chi connectivity index (χ1n) is 7.06. The Hall–Kier alpha value is -1.94. The molecule has 1 heterocycles. The van der Waals surface area contributed by atoms with Gasteiger partial charge in [-0.2, -0.15) is 0 Å². The van der Waals surface area contributed by atoms with E-state index in [1.807, 2.05) is 30.3 Å². The normalized spacial score (nSPS) is 16.1. The third-order valence-corrected chi connectivity index (χ3v) is 4.13. The highest BCUT2D eigenvalue weighted by Gasteiger charge is 2.41. The Morgan fingerprint density at radius 1 is 1.30 bits per heavy atom. The maximum absolute atomic E-state index is 12.4. The number of pyridine rings is 1. The third kappa shape index (κ3) is 2.51. The van der Waals surface area contributed by atoms with Gasteiger partial charge in [-0.05, 0) is 43.4 Å². The van der Waals surface area contributed by atoms with Gasteiger partial charge in [0.1, 0.15) is 0 Å². The molecule has 4 nitrogen and oxygen atoms in total. The van der Waals surface area contributed by atoms with Crippen LogP contribution in [0.4, 0.5) is 0 Å². The SMILES string of the molecule is NCCC1(CNC(=O)c2cccc3cccnc23)CC1. The van der Waals surface area contributed by atoms with Gasteiger partial charge in [-0.1, -0.05) is 18.2 Å².